The first-order chi connectivity index (χ1) is 8.72. The third-order valence-electron chi connectivity index (χ3n) is 2.87. The van der Waals surface area contributed by atoms with Gasteiger partial charge in [0.05, 0.1) is 9.96 Å². The highest BCUT2D eigenvalue weighted by atomic mass is 32.2. The summed E-state index contributed by atoms with van der Waals surface area (Å²) in [5, 5.41) is 4.80. The Morgan fingerprint density at radius 2 is 2.50 bits per heavy atom. The molecule has 0 aromatic carbocycles. The summed E-state index contributed by atoms with van der Waals surface area (Å²) in [6.07, 6.45) is 0.668. The van der Waals surface area contributed by atoms with Crippen LogP contribution >= 0.6 is 23.1 Å². The van der Waals surface area contributed by atoms with Crippen molar-refractivity contribution in [1.29, 1.82) is 0 Å². The minimum atomic E-state index is -0.296. The van der Waals surface area contributed by atoms with Gasteiger partial charge in [0, 0.05) is 13.1 Å². The molecule has 1 unspecified atom stereocenters. The molecule has 18 heavy (non-hydrogen) atoms. The fourth-order valence-electron chi connectivity index (χ4n) is 1.98. The fourth-order valence-corrected chi connectivity index (χ4v) is 3.65. The number of nitrogens with one attached hydrogen (secondary N) is 1. The molecule has 4 nitrogen and oxygen atoms in total. The van der Waals surface area contributed by atoms with E-state index in [4.69, 9.17) is 0 Å². The summed E-state index contributed by atoms with van der Waals surface area (Å²) in [5.74, 6) is 0.429. The fraction of sp³-hybridized carbons (Fsp3) is 0.500. The maximum Gasteiger partial charge on any atom is 0.242 e. The van der Waals surface area contributed by atoms with Crippen molar-refractivity contribution in [3.8, 4) is 0 Å². The second-order valence-corrected chi connectivity index (χ2v) is 6.25. The minimum absolute atomic E-state index is 0.0294. The predicted octanol–water partition coefficient (Wildman–Crippen LogP) is 1.58. The highest BCUT2D eigenvalue weighted by Crippen LogP contribution is 2.24. The highest BCUT2D eigenvalue weighted by Gasteiger charge is 2.31. The smallest absolute Gasteiger partial charge is 0.242 e. The Kier molecular flexibility index (Phi) is 4.66. The number of rotatable bonds is 4. The SMILES string of the molecule is CCC1C(=O)NCCN1C(=O)CSc1cccs1. The number of hydrogen-bond donors (Lipinski definition) is 1. The van der Waals surface area contributed by atoms with Crippen LogP contribution in [-0.4, -0.2) is 41.6 Å². The van der Waals surface area contributed by atoms with Crippen LogP contribution in [0.25, 0.3) is 0 Å². The summed E-state index contributed by atoms with van der Waals surface area (Å²) in [4.78, 5) is 25.5. The zero-order valence-corrected chi connectivity index (χ0v) is 11.9. The van der Waals surface area contributed by atoms with E-state index in [1.807, 2.05) is 24.4 Å². The zero-order valence-electron chi connectivity index (χ0n) is 10.2. The van der Waals surface area contributed by atoms with E-state index in [1.54, 1.807) is 16.2 Å². The van der Waals surface area contributed by atoms with Gasteiger partial charge >= 0.3 is 0 Å². The van der Waals surface area contributed by atoms with Gasteiger partial charge in [-0.15, -0.1) is 23.1 Å². The summed E-state index contributed by atoms with van der Waals surface area (Å²) in [7, 11) is 0. The molecule has 2 rings (SSSR count). The maximum absolute atomic E-state index is 12.1. The topological polar surface area (TPSA) is 49.4 Å². The standard InChI is InChI=1S/C12H16N2O2S2/c1-2-9-12(16)13-5-6-14(9)10(15)8-18-11-4-3-7-17-11/h3-4,7,9H,2,5-6,8H2,1H3,(H,13,16). The summed E-state index contributed by atoms with van der Waals surface area (Å²) in [5.41, 5.74) is 0. The molecule has 1 aromatic rings. The zero-order chi connectivity index (χ0) is 13.0. The van der Waals surface area contributed by atoms with Crippen LogP contribution in [0.5, 0.6) is 0 Å². The van der Waals surface area contributed by atoms with E-state index in [0.29, 0.717) is 25.3 Å². The van der Waals surface area contributed by atoms with Crippen LogP contribution < -0.4 is 5.32 Å². The van der Waals surface area contributed by atoms with E-state index in [-0.39, 0.29) is 17.9 Å². The van der Waals surface area contributed by atoms with Crippen LogP contribution in [-0.2, 0) is 9.59 Å². The van der Waals surface area contributed by atoms with Crippen LogP contribution in [0.15, 0.2) is 21.7 Å². The molecule has 0 bridgehead atoms. The van der Waals surface area contributed by atoms with Crippen molar-refractivity contribution in [3.05, 3.63) is 17.5 Å². The lowest BCUT2D eigenvalue weighted by molar-refractivity contribution is -0.141. The molecule has 1 aliphatic heterocycles. The Morgan fingerprint density at radius 3 is 3.17 bits per heavy atom. The molecule has 1 N–H and O–H groups in total. The molecule has 1 aliphatic rings. The van der Waals surface area contributed by atoms with Gasteiger partial charge in [0.2, 0.25) is 11.8 Å². The predicted molar refractivity (Wildman–Crippen MR) is 73.8 cm³/mol. The number of nitrogens with zero attached hydrogens (tertiary/aromatic N) is 1. The Bertz CT molecular complexity index is 420. The quantitative estimate of drug-likeness (QED) is 0.854. The Labute approximate surface area is 115 Å². The molecule has 0 aliphatic carbocycles. The van der Waals surface area contributed by atoms with Crippen LogP contribution in [0.2, 0.25) is 0 Å². The molecular formula is C12H16N2O2S2. The van der Waals surface area contributed by atoms with Crippen molar-refractivity contribution in [2.24, 2.45) is 0 Å². The minimum Gasteiger partial charge on any atom is -0.353 e. The summed E-state index contributed by atoms with van der Waals surface area (Å²) < 4.78 is 1.14. The summed E-state index contributed by atoms with van der Waals surface area (Å²) in [6.45, 7) is 3.11. The van der Waals surface area contributed by atoms with Crippen molar-refractivity contribution < 1.29 is 9.59 Å². The number of hydrogen-bond acceptors (Lipinski definition) is 4. The third kappa shape index (κ3) is 3.05. The molecule has 1 atom stereocenters. The van der Waals surface area contributed by atoms with Crippen LogP contribution in [0.3, 0.4) is 0 Å². The Balaban J connectivity index is 1.92. The molecule has 2 amide bonds. The van der Waals surface area contributed by atoms with Crippen molar-refractivity contribution in [2.75, 3.05) is 18.8 Å². The number of thiophene rings is 1. The van der Waals surface area contributed by atoms with Crippen molar-refractivity contribution in [1.82, 2.24) is 10.2 Å². The lowest BCUT2D eigenvalue weighted by Crippen LogP contribution is -2.57. The number of piperazine rings is 1. The number of amides is 2. The van der Waals surface area contributed by atoms with Crippen molar-refractivity contribution in [3.63, 3.8) is 0 Å². The first kappa shape index (κ1) is 13.4. The molecule has 2 heterocycles. The molecule has 1 fully saturated rings. The Morgan fingerprint density at radius 1 is 1.67 bits per heavy atom. The number of carbonyl (C=O) groups is 2. The second kappa shape index (κ2) is 6.24. The molecule has 1 saturated heterocycles. The molecule has 0 spiro atoms. The molecule has 1 aromatic heterocycles. The average Bonchev–Trinajstić information content (AvgIpc) is 2.88. The van der Waals surface area contributed by atoms with E-state index in [2.05, 4.69) is 5.32 Å². The van der Waals surface area contributed by atoms with E-state index < -0.39 is 0 Å². The molecule has 0 saturated carbocycles. The largest absolute Gasteiger partial charge is 0.353 e. The van der Waals surface area contributed by atoms with E-state index in [0.717, 1.165) is 4.21 Å². The number of thioether (sulfide) groups is 1. The van der Waals surface area contributed by atoms with Gasteiger partial charge in [-0.2, -0.15) is 0 Å². The van der Waals surface area contributed by atoms with Gasteiger partial charge in [-0.25, -0.2) is 0 Å². The van der Waals surface area contributed by atoms with E-state index in [9.17, 15) is 9.59 Å². The average molecular weight is 284 g/mol. The normalized spacial score (nSPS) is 19.7. The second-order valence-electron chi connectivity index (χ2n) is 4.02. The maximum atomic E-state index is 12.1. The van der Waals surface area contributed by atoms with Gasteiger partial charge in [0.15, 0.2) is 0 Å². The molecule has 6 heteroatoms. The van der Waals surface area contributed by atoms with Gasteiger partial charge in [-0.3, -0.25) is 9.59 Å². The van der Waals surface area contributed by atoms with Gasteiger partial charge in [0.25, 0.3) is 0 Å². The third-order valence-corrected chi connectivity index (χ3v) is 4.99. The van der Waals surface area contributed by atoms with Crippen LogP contribution in [0.1, 0.15) is 13.3 Å². The van der Waals surface area contributed by atoms with Gasteiger partial charge < -0.3 is 10.2 Å². The lowest BCUT2D eigenvalue weighted by atomic mass is 10.1. The monoisotopic (exact) mass is 284 g/mol. The van der Waals surface area contributed by atoms with E-state index >= 15 is 0 Å². The molecular weight excluding hydrogens is 268 g/mol. The van der Waals surface area contributed by atoms with Gasteiger partial charge in [-0.05, 0) is 17.9 Å². The van der Waals surface area contributed by atoms with Gasteiger partial charge in [-0.1, -0.05) is 13.0 Å². The van der Waals surface area contributed by atoms with Crippen LogP contribution in [0.4, 0.5) is 0 Å². The first-order valence-corrected chi connectivity index (χ1v) is 7.82. The summed E-state index contributed by atoms with van der Waals surface area (Å²) in [6, 6.07) is 3.68. The van der Waals surface area contributed by atoms with E-state index in [1.165, 1.54) is 11.8 Å². The van der Waals surface area contributed by atoms with Crippen molar-refractivity contribution >= 4 is 34.9 Å². The summed E-state index contributed by atoms with van der Waals surface area (Å²) >= 11 is 3.17. The molecule has 0 radical (unpaired) electrons. The van der Waals surface area contributed by atoms with Crippen molar-refractivity contribution in [2.45, 2.75) is 23.6 Å². The first-order valence-electron chi connectivity index (χ1n) is 5.96. The highest BCUT2D eigenvalue weighted by molar-refractivity contribution is 8.01. The van der Waals surface area contributed by atoms with Crippen LogP contribution in [0, 0.1) is 0 Å². The number of carbonyl (C=O) groups excluding carboxylic acids is 2. The van der Waals surface area contributed by atoms with Gasteiger partial charge in [0.1, 0.15) is 6.04 Å². The molecule has 98 valence electrons. The Hall–Kier alpha value is -1.01. The lowest BCUT2D eigenvalue weighted by Gasteiger charge is -2.34.